The lowest BCUT2D eigenvalue weighted by Gasteiger charge is -2.06. The minimum absolute atomic E-state index is 0.134. The van der Waals surface area contributed by atoms with Crippen LogP contribution in [-0.2, 0) is 0 Å². The van der Waals surface area contributed by atoms with E-state index in [0.717, 1.165) is 27.7 Å². The molecule has 0 radical (unpaired) electrons. The fraction of sp³-hybridized carbons (Fsp3) is 0.0500. The first-order chi connectivity index (χ1) is 11.2. The second kappa shape index (κ2) is 6.36. The number of carbonyl (C=O) groups excluding carboxylic acids is 1. The molecule has 1 aromatic heterocycles. The van der Waals surface area contributed by atoms with Gasteiger partial charge in [0, 0.05) is 23.0 Å². The highest BCUT2D eigenvalue weighted by Gasteiger charge is 2.11. The summed E-state index contributed by atoms with van der Waals surface area (Å²) < 4.78 is 0. The lowest BCUT2D eigenvalue weighted by Crippen LogP contribution is -2.12. The molecule has 0 bridgehead atoms. The quantitative estimate of drug-likeness (QED) is 0.692. The SMILES string of the molecule is C=Cc1c(NC(=O)c2ccc3ccccc3c2)c[nH]c1/C=C\C. The van der Waals surface area contributed by atoms with E-state index in [9.17, 15) is 4.79 Å². The van der Waals surface area contributed by atoms with Crippen molar-refractivity contribution in [3.8, 4) is 0 Å². The summed E-state index contributed by atoms with van der Waals surface area (Å²) in [6.45, 7) is 5.77. The Labute approximate surface area is 135 Å². The van der Waals surface area contributed by atoms with Crippen molar-refractivity contribution in [3.63, 3.8) is 0 Å². The van der Waals surface area contributed by atoms with Crippen LogP contribution in [0.5, 0.6) is 0 Å². The first-order valence-corrected chi connectivity index (χ1v) is 7.49. The highest BCUT2D eigenvalue weighted by Crippen LogP contribution is 2.23. The average molecular weight is 302 g/mol. The third kappa shape index (κ3) is 2.94. The van der Waals surface area contributed by atoms with E-state index < -0.39 is 0 Å². The van der Waals surface area contributed by atoms with Gasteiger partial charge in [0.1, 0.15) is 0 Å². The van der Waals surface area contributed by atoms with E-state index in [0.29, 0.717) is 5.56 Å². The van der Waals surface area contributed by atoms with E-state index in [1.54, 1.807) is 12.3 Å². The van der Waals surface area contributed by atoms with Crippen molar-refractivity contribution in [2.24, 2.45) is 0 Å². The van der Waals surface area contributed by atoms with Crippen molar-refractivity contribution in [3.05, 3.63) is 78.1 Å². The summed E-state index contributed by atoms with van der Waals surface area (Å²) in [5.41, 5.74) is 3.17. The molecule has 0 saturated heterocycles. The Balaban J connectivity index is 1.90. The molecule has 0 aliphatic carbocycles. The number of aromatic nitrogens is 1. The predicted octanol–water partition coefficient (Wildman–Crippen LogP) is 5.10. The number of aromatic amines is 1. The Morgan fingerprint density at radius 2 is 1.96 bits per heavy atom. The molecule has 0 fully saturated rings. The first-order valence-electron chi connectivity index (χ1n) is 7.49. The Hall–Kier alpha value is -3.07. The van der Waals surface area contributed by atoms with Gasteiger partial charge in [0.05, 0.1) is 5.69 Å². The molecule has 2 aromatic carbocycles. The topological polar surface area (TPSA) is 44.9 Å². The van der Waals surface area contributed by atoms with Gasteiger partial charge in [-0.15, -0.1) is 0 Å². The van der Waals surface area contributed by atoms with Gasteiger partial charge in [-0.25, -0.2) is 0 Å². The molecule has 0 unspecified atom stereocenters. The number of benzene rings is 2. The summed E-state index contributed by atoms with van der Waals surface area (Å²) in [7, 11) is 0. The molecular weight excluding hydrogens is 284 g/mol. The number of allylic oxidation sites excluding steroid dienone is 1. The molecule has 2 N–H and O–H groups in total. The summed E-state index contributed by atoms with van der Waals surface area (Å²) in [4.78, 5) is 15.7. The van der Waals surface area contributed by atoms with Crippen LogP contribution in [0.3, 0.4) is 0 Å². The van der Waals surface area contributed by atoms with Crippen molar-refractivity contribution in [2.75, 3.05) is 5.32 Å². The summed E-state index contributed by atoms with van der Waals surface area (Å²) >= 11 is 0. The van der Waals surface area contributed by atoms with Crippen LogP contribution in [0, 0.1) is 0 Å². The number of rotatable bonds is 4. The van der Waals surface area contributed by atoms with Gasteiger partial charge in [-0.3, -0.25) is 4.79 Å². The fourth-order valence-electron chi connectivity index (χ4n) is 2.60. The molecule has 0 aliphatic rings. The zero-order chi connectivity index (χ0) is 16.2. The smallest absolute Gasteiger partial charge is 0.255 e. The fourth-order valence-corrected chi connectivity index (χ4v) is 2.60. The van der Waals surface area contributed by atoms with E-state index in [4.69, 9.17) is 0 Å². The lowest BCUT2D eigenvalue weighted by atomic mass is 10.1. The molecule has 0 saturated carbocycles. The molecule has 0 atom stereocenters. The molecule has 0 spiro atoms. The summed E-state index contributed by atoms with van der Waals surface area (Å²) in [6, 6.07) is 13.7. The first kappa shape index (κ1) is 14.9. The van der Waals surface area contributed by atoms with Crippen molar-refractivity contribution in [1.29, 1.82) is 0 Å². The molecule has 3 heteroatoms. The van der Waals surface area contributed by atoms with Gasteiger partial charge >= 0.3 is 0 Å². The van der Waals surface area contributed by atoms with Crippen LogP contribution in [0.15, 0.2) is 61.3 Å². The van der Waals surface area contributed by atoms with E-state index in [1.807, 2.05) is 61.5 Å². The molecule has 3 aromatic rings. The maximum atomic E-state index is 12.5. The van der Waals surface area contributed by atoms with E-state index in [2.05, 4.69) is 16.9 Å². The Morgan fingerprint density at radius 1 is 1.17 bits per heavy atom. The molecule has 1 amide bonds. The molecule has 114 valence electrons. The van der Waals surface area contributed by atoms with Crippen LogP contribution >= 0.6 is 0 Å². The lowest BCUT2D eigenvalue weighted by molar-refractivity contribution is 0.102. The maximum Gasteiger partial charge on any atom is 0.255 e. The van der Waals surface area contributed by atoms with Gasteiger partial charge < -0.3 is 10.3 Å². The van der Waals surface area contributed by atoms with Crippen LogP contribution in [0.2, 0.25) is 0 Å². The van der Waals surface area contributed by atoms with Gasteiger partial charge in [-0.05, 0) is 35.9 Å². The van der Waals surface area contributed by atoms with E-state index in [1.165, 1.54) is 0 Å². The van der Waals surface area contributed by atoms with Crippen LogP contribution < -0.4 is 5.32 Å². The van der Waals surface area contributed by atoms with Crippen LogP contribution in [0.25, 0.3) is 22.9 Å². The van der Waals surface area contributed by atoms with Gasteiger partial charge in [-0.2, -0.15) is 0 Å². The third-order valence-corrected chi connectivity index (χ3v) is 3.75. The van der Waals surface area contributed by atoms with E-state index >= 15 is 0 Å². The number of nitrogens with one attached hydrogen (secondary N) is 2. The average Bonchev–Trinajstić information content (AvgIpc) is 2.96. The van der Waals surface area contributed by atoms with Crippen LogP contribution in [0.4, 0.5) is 5.69 Å². The molecule has 3 nitrogen and oxygen atoms in total. The van der Waals surface area contributed by atoms with E-state index in [-0.39, 0.29) is 5.91 Å². The minimum atomic E-state index is -0.134. The maximum absolute atomic E-state index is 12.5. The Morgan fingerprint density at radius 3 is 2.70 bits per heavy atom. The van der Waals surface area contributed by atoms with Crippen molar-refractivity contribution >= 4 is 34.5 Å². The zero-order valence-corrected chi connectivity index (χ0v) is 13.0. The number of amides is 1. The largest absolute Gasteiger partial charge is 0.359 e. The Kier molecular flexibility index (Phi) is 4.11. The second-order valence-corrected chi connectivity index (χ2v) is 5.25. The van der Waals surface area contributed by atoms with Crippen molar-refractivity contribution < 1.29 is 4.79 Å². The molecule has 0 aliphatic heterocycles. The number of hydrogen-bond donors (Lipinski definition) is 2. The summed E-state index contributed by atoms with van der Waals surface area (Å²) in [5.74, 6) is -0.134. The predicted molar refractivity (Wildman–Crippen MR) is 97.5 cm³/mol. The third-order valence-electron chi connectivity index (χ3n) is 3.75. The number of anilines is 1. The highest BCUT2D eigenvalue weighted by atomic mass is 16.1. The molecular formula is C20H18N2O. The van der Waals surface area contributed by atoms with Gasteiger partial charge in [-0.1, -0.05) is 49.1 Å². The number of hydrogen-bond acceptors (Lipinski definition) is 1. The molecule has 1 heterocycles. The summed E-state index contributed by atoms with van der Waals surface area (Å²) in [6.07, 6.45) is 7.41. The standard InChI is InChI=1S/C20H18N2O/c1-3-7-18-17(4-2)19(13-21-18)22-20(23)16-11-10-14-8-5-6-9-15(14)12-16/h3-13,21H,2H2,1H3,(H,22,23)/b7-3-. The number of fused-ring (bicyclic) bond motifs is 1. The Bertz CT molecular complexity index is 903. The molecule has 23 heavy (non-hydrogen) atoms. The van der Waals surface area contributed by atoms with Crippen LogP contribution in [-0.4, -0.2) is 10.9 Å². The summed E-state index contributed by atoms with van der Waals surface area (Å²) in [5, 5.41) is 5.11. The van der Waals surface area contributed by atoms with Gasteiger partial charge in [0.15, 0.2) is 0 Å². The highest BCUT2D eigenvalue weighted by molar-refractivity contribution is 6.07. The molecule has 3 rings (SSSR count). The van der Waals surface area contributed by atoms with Gasteiger partial charge in [0.2, 0.25) is 0 Å². The second-order valence-electron chi connectivity index (χ2n) is 5.25. The van der Waals surface area contributed by atoms with Crippen molar-refractivity contribution in [2.45, 2.75) is 6.92 Å². The number of H-pyrrole nitrogens is 1. The number of carbonyl (C=O) groups is 1. The zero-order valence-electron chi connectivity index (χ0n) is 13.0. The van der Waals surface area contributed by atoms with Gasteiger partial charge in [0.25, 0.3) is 5.91 Å². The minimum Gasteiger partial charge on any atom is -0.359 e. The normalized spacial score (nSPS) is 11.0. The van der Waals surface area contributed by atoms with Crippen molar-refractivity contribution in [1.82, 2.24) is 4.98 Å². The monoisotopic (exact) mass is 302 g/mol. The van der Waals surface area contributed by atoms with Crippen LogP contribution in [0.1, 0.15) is 28.5 Å².